The zero-order valence-corrected chi connectivity index (χ0v) is 15.5. The summed E-state index contributed by atoms with van der Waals surface area (Å²) >= 11 is 0. The molecule has 0 aliphatic heterocycles. The van der Waals surface area contributed by atoms with Crippen molar-refractivity contribution in [2.75, 3.05) is 32.4 Å². The Morgan fingerprint density at radius 2 is 1.63 bits per heavy atom. The second-order valence-electron chi connectivity index (χ2n) is 5.58. The number of ether oxygens (including phenoxy) is 4. The summed E-state index contributed by atoms with van der Waals surface area (Å²) in [5.74, 6) is 1.72. The van der Waals surface area contributed by atoms with Crippen LogP contribution in [0.1, 0.15) is 12.8 Å². The number of benzene rings is 2. The van der Waals surface area contributed by atoms with Crippen LogP contribution in [0.4, 0.5) is 5.69 Å². The summed E-state index contributed by atoms with van der Waals surface area (Å²) in [5.41, 5.74) is 1.02. The van der Waals surface area contributed by atoms with Crippen molar-refractivity contribution in [2.45, 2.75) is 12.8 Å². The van der Waals surface area contributed by atoms with Gasteiger partial charge in [-0.05, 0) is 49.2 Å². The van der Waals surface area contributed by atoms with Crippen LogP contribution in [0.3, 0.4) is 0 Å². The Morgan fingerprint density at radius 3 is 2.33 bits per heavy atom. The Morgan fingerprint density at radius 1 is 0.963 bits per heavy atom. The second-order valence-corrected chi connectivity index (χ2v) is 5.58. The van der Waals surface area contributed by atoms with Gasteiger partial charge in [-0.2, -0.15) is 0 Å². The normalized spacial score (nSPS) is 9.96. The highest BCUT2D eigenvalue weighted by atomic mass is 16.7. The maximum atomic E-state index is 10.9. The van der Waals surface area contributed by atoms with E-state index in [2.05, 4.69) is 11.9 Å². The minimum atomic E-state index is -0.402. The molecule has 27 heavy (non-hydrogen) atoms. The molecule has 0 saturated heterocycles. The van der Waals surface area contributed by atoms with Gasteiger partial charge >= 0.3 is 5.97 Å². The van der Waals surface area contributed by atoms with E-state index in [-0.39, 0.29) is 6.79 Å². The summed E-state index contributed by atoms with van der Waals surface area (Å²) in [7, 11) is 1.87. The van der Waals surface area contributed by atoms with Gasteiger partial charge in [0.2, 0.25) is 6.79 Å². The zero-order chi connectivity index (χ0) is 19.3. The van der Waals surface area contributed by atoms with Crippen LogP contribution < -0.4 is 19.5 Å². The molecule has 0 fully saturated rings. The largest absolute Gasteiger partial charge is 0.493 e. The predicted octanol–water partition coefficient (Wildman–Crippen LogP) is 4.03. The van der Waals surface area contributed by atoms with E-state index in [4.69, 9.17) is 18.9 Å². The SMILES string of the molecule is C=CC(=O)OCCCCOc1cccc(OCOc2ccc(NC)cc2)c1. The molecule has 6 nitrogen and oxygen atoms in total. The van der Waals surface area contributed by atoms with Gasteiger partial charge in [-0.3, -0.25) is 0 Å². The summed E-state index contributed by atoms with van der Waals surface area (Å²) in [6.45, 7) is 4.35. The van der Waals surface area contributed by atoms with Crippen molar-refractivity contribution in [3.63, 3.8) is 0 Å². The molecule has 0 aromatic heterocycles. The summed E-state index contributed by atoms with van der Waals surface area (Å²) in [5, 5.41) is 3.05. The van der Waals surface area contributed by atoms with Crippen LogP contribution >= 0.6 is 0 Å². The number of carbonyl (C=O) groups is 1. The number of esters is 1. The fraction of sp³-hybridized carbons (Fsp3) is 0.286. The van der Waals surface area contributed by atoms with E-state index < -0.39 is 5.97 Å². The van der Waals surface area contributed by atoms with Crippen LogP contribution in [0.2, 0.25) is 0 Å². The standard InChI is InChI=1S/C21H25NO5/c1-3-21(23)25-14-5-4-13-24-19-7-6-8-20(15-19)27-16-26-18-11-9-17(22-2)10-12-18/h3,6-12,15,22H,1,4-5,13-14,16H2,2H3. The van der Waals surface area contributed by atoms with E-state index in [0.29, 0.717) is 24.7 Å². The molecule has 0 aliphatic carbocycles. The van der Waals surface area contributed by atoms with E-state index in [9.17, 15) is 4.79 Å². The first kappa shape index (κ1) is 20.2. The average molecular weight is 371 g/mol. The maximum Gasteiger partial charge on any atom is 0.330 e. The molecular formula is C21H25NO5. The third-order valence-corrected chi connectivity index (χ3v) is 3.62. The molecular weight excluding hydrogens is 346 g/mol. The van der Waals surface area contributed by atoms with Crippen LogP contribution in [-0.4, -0.2) is 33.0 Å². The molecule has 0 unspecified atom stereocenters. The van der Waals surface area contributed by atoms with Crippen molar-refractivity contribution in [1.29, 1.82) is 0 Å². The number of anilines is 1. The van der Waals surface area contributed by atoms with Gasteiger partial charge in [-0.1, -0.05) is 12.6 Å². The fourth-order valence-corrected chi connectivity index (χ4v) is 2.16. The van der Waals surface area contributed by atoms with Crippen LogP contribution in [-0.2, 0) is 9.53 Å². The molecule has 0 spiro atoms. The maximum absolute atomic E-state index is 10.9. The topological polar surface area (TPSA) is 66.0 Å². The molecule has 2 rings (SSSR count). The van der Waals surface area contributed by atoms with Crippen molar-refractivity contribution in [2.24, 2.45) is 0 Å². The van der Waals surface area contributed by atoms with E-state index in [1.807, 2.05) is 55.6 Å². The third-order valence-electron chi connectivity index (χ3n) is 3.62. The van der Waals surface area contributed by atoms with E-state index in [1.165, 1.54) is 0 Å². The molecule has 0 amide bonds. The lowest BCUT2D eigenvalue weighted by Gasteiger charge is -2.11. The average Bonchev–Trinajstić information content (AvgIpc) is 2.71. The molecule has 6 heteroatoms. The quantitative estimate of drug-likeness (QED) is 0.263. The number of hydrogen-bond acceptors (Lipinski definition) is 6. The Bertz CT molecular complexity index is 715. The minimum absolute atomic E-state index is 0.108. The first-order valence-corrected chi connectivity index (χ1v) is 8.76. The van der Waals surface area contributed by atoms with E-state index in [1.54, 1.807) is 0 Å². The van der Waals surface area contributed by atoms with E-state index >= 15 is 0 Å². The fourth-order valence-electron chi connectivity index (χ4n) is 2.16. The summed E-state index contributed by atoms with van der Waals surface area (Å²) in [6, 6.07) is 15.0. The van der Waals surface area contributed by atoms with E-state index in [0.717, 1.165) is 30.4 Å². The van der Waals surface area contributed by atoms with Gasteiger partial charge < -0.3 is 24.3 Å². The van der Waals surface area contributed by atoms with Crippen LogP contribution in [0, 0.1) is 0 Å². The van der Waals surface area contributed by atoms with Gasteiger partial charge in [0.25, 0.3) is 0 Å². The molecule has 0 bridgehead atoms. The number of rotatable bonds is 12. The summed E-state index contributed by atoms with van der Waals surface area (Å²) in [6.07, 6.45) is 2.67. The van der Waals surface area contributed by atoms with Gasteiger partial charge in [0.1, 0.15) is 17.2 Å². The Labute approximate surface area is 159 Å². The Balaban J connectivity index is 1.66. The van der Waals surface area contributed by atoms with Gasteiger partial charge in [0.05, 0.1) is 13.2 Å². The molecule has 0 radical (unpaired) electrons. The molecule has 144 valence electrons. The predicted molar refractivity (Wildman–Crippen MR) is 104 cm³/mol. The van der Waals surface area contributed by atoms with Gasteiger partial charge in [0, 0.05) is 24.9 Å². The van der Waals surface area contributed by atoms with Crippen molar-refractivity contribution < 1.29 is 23.7 Å². The smallest absolute Gasteiger partial charge is 0.330 e. The van der Waals surface area contributed by atoms with Crippen molar-refractivity contribution in [3.8, 4) is 17.2 Å². The lowest BCUT2D eigenvalue weighted by atomic mass is 10.3. The number of unbranched alkanes of at least 4 members (excludes halogenated alkanes) is 1. The highest BCUT2D eigenvalue weighted by Crippen LogP contribution is 2.20. The first-order chi connectivity index (χ1) is 13.2. The summed E-state index contributed by atoms with van der Waals surface area (Å²) < 4.78 is 21.8. The van der Waals surface area contributed by atoms with Gasteiger partial charge in [-0.25, -0.2) is 4.79 Å². The lowest BCUT2D eigenvalue weighted by Crippen LogP contribution is -2.06. The molecule has 0 saturated carbocycles. The Hall–Kier alpha value is -3.15. The van der Waals surface area contributed by atoms with Crippen LogP contribution in [0.15, 0.2) is 61.2 Å². The van der Waals surface area contributed by atoms with Crippen LogP contribution in [0.5, 0.6) is 17.2 Å². The lowest BCUT2D eigenvalue weighted by molar-refractivity contribution is -0.137. The van der Waals surface area contributed by atoms with Crippen molar-refractivity contribution in [3.05, 3.63) is 61.2 Å². The zero-order valence-electron chi connectivity index (χ0n) is 15.5. The molecule has 2 aromatic carbocycles. The Kier molecular flexibility index (Phi) is 8.56. The number of nitrogens with one attached hydrogen (secondary N) is 1. The molecule has 2 aromatic rings. The summed E-state index contributed by atoms with van der Waals surface area (Å²) in [4.78, 5) is 10.9. The molecule has 1 N–H and O–H groups in total. The minimum Gasteiger partial charge on any atom is -0.493 e. The third kappa shape index (κ3) is 7.73. The monoisotopic (exact) mass is 371 g/mol. The molecule has 0 heterocycles. The second kappa shape index (κ2) is 11.5. The van der Waals surface area contributed by atoms with Crippen molar-refractivity contribution >= 4 is 11.7 Å². The number of carbonyl (C=O) groups excluding carboxylic acids is 1. The molecule has 0 aliphatic rings. The van der Waals surface area contributed by atoms with Crippen LogP contribution in [0.25, 0.3) is 0 Å². The highest BCUT2D eigenvalue weighted by Gasteiger charge is 2.00. The van der Waals surface area contributed by atoms with Gasteiger partial charge in [0.15, 0.2) is 0 Å². The number of hydrogen-bond donors (Lipinski definition) is 1. The van der Waals surface area contributed by atoms with Gasteiger partial charge in [-0.15, -0.1) is 0 Å². The highest BCUT2D eigenvalue weighted by molar-refractivity contribution is 5.81. The first-order valence-electron chi connectivity index (χ1n) is 8.76. The molecule has 0 atom stereocenters. The van der Waals surface area contributed by atoms with Crippen molar-refractivity contribution in [1.82, 2.24) is 0 Å².